The van der Waals surface area contributed by atoms with Gasteiger partial charge in [0.25, 0.3) is 0 Å². The monoisotopic (exact) mass is 269 g/mol. The summed E-state index contributed by atoms with van der Waals surface area (Å²) in [6.07, 6.45) is 4.83. The van der Waals surface area contributed by atoms with E-state index in [4.69, 9.17) is 11.6 Å². The number of imidazole rings is 1. The molecule has 2 aromatic rings. The number of hydrogen-bond donors (Lipinski definition) is 1. The van der Waals surface area contributed by atoms with Gasteiger partial charge in [-0.15, -0.1) is 11.3 Å². The van der Waals surface area contributed by atoms with Crippen molar-refractivity contribution in [3.05, 3.63) is 39.6 Å². The Morgan fingerprint density at radius 3 is 2.88 bits per heavy atom. The molecule has 1 unspecified atom stereocenters. The average molecular weight is 270 g/mol. The Morgan fingerprint density at radius 2 is 2.35 bits per heavy atom. The lowest BCUT2D eigenvalue weighted by atomic mass is 10.1. The minimum atomic E-state index is 0.260. The second-order valence-corrected chi connectivity index (χ2v) is 5.78. The predicted molar refractivity (Wildman–Crippen MR) is 72.7 cm³/mol. The Morgan fingerprint density at radius 1 is 1.53 bits per heavy atom. The van der Waals surface area contributed by atoms with Crippen molar-refractivity contribution in [2.75, 3.05) is 6.54 Å². The molecule has 2 rings (SSSR count). The van der Waals surface area contributed by atoms with Gasteiger partial charge in [0.05, 0.1) is 22.4 Å². The normalized spacial score (nSPS) is 12.9. The van der Waals surface area contributed by atoms with E-state index >= 15 is 0 Å². The van der Waals surface area contributed by atoms with Gasteiger partial charge in [0, 0.05) is 24.5 Å². The molecular formula is C12H16ClN3S. The Balaban J connectivity index is 2.12. The van der Waals surface area contributed by atoms with Gasteiger partial charge in [0.1, 0.15) is 0 Å². The van der Waals surface area contributed by atoms with Crippen LogP contribution in [0.1, 0.15) is 23.5 Å². The molecule has 0 fully saturated rings. The fraction of sp³-hybridized carbons (Fsp3) is 0.417. The standard InChI is InChI=1S/C12H16ClN3S/c1-3-14-10(11-7-16(2)8-15-11)6-9-4-5-12(13)17-9/h4-5,7-8,10,14H,3,6H2,1-2H3. The highest BCUT2D eigenvalue weighted by atomic mass is 35.5. The maximum Gasteiger partial charge on any atom is 0.0947 e. The summed E-state index contributed by atoms with van der Waals surface area (Å²) >= 11 is 7.58. The molecule has 0 bridgehead atoms. The van der Waals surface area contributed by atoms with Crippen LogP contribution in [0.25, 0.3) is 0 Å². The third-order valence-corrected chi connectivity index (χ3v) is 3.82. The third-order valence-electron chi connectivity index (χ3n) is 2.57. The number of nitrogens with one attached hydrogen (secondary N) is 1. The molecule has 2 heterocycles. The van der Waals surface area contributed by atoms with Gasteiger partial charge in [-0.2, -0.15) is 0 Å². The highest BCUT2D eigenvalue weighted by Crippen LogP contribution is 2.26. The van der Waals surface area contributed by atoms with Crippen LogP contribution in [-0.4, -0.2) is 16.1 Å². The second-order valence-electron chi connectivity index (χ2n) is 3.98. The molecule has 0 amide bonds. The fourth-order valence-corrected chi connectivity index (χ4v) is 2.94. The predicted octanol–water partition coefficient (Wildman–Crippen LogP) is 3.03. The molecule has 0 saturated heterocycles. The zero-order valence-corrected chi connectivity index (χ0v) is 11.6. The number of halogens is 1. The topological polar surface area (TPSA) is 29.9 Å². The van der Waals surface area contributed by atoms with Crippen molar-refractivity contribution in [3.8, 4) is 0 Å². The lowest BCUT2D eigenvalue weighted by Gasteiger charge is -2.14. The molecular weight excluding hydrogens is 254 g/mol. The van der Waals surface area contributed by atoms with Crippen LogP contribution in [0, 0.1) is 0 Å². The first-order valence-electron chi connectivity index (χ1n) is 5.64. The molecule has 17 heavy (non-hydrogen) atoms. The van der Waals surface area contributed by atoms with E-state index in [9.17, 15) is 0 Å². The van der Waals surface area contributed by atoms with Crippen molar-refractivity contribution < 1.29 is 0 Å². The maximum atomic E-state index is 5.95. The van der Waals surface area contributed by atoms with E-state index in [1.807, 2.05) is 24.0 Å². The molecule has 2 aromatic heterocycles. The fourth-order valence-electron chi connectivity index (χ4n) is 1.80. The molecule has 1 atom stereocenters. The van der Waals surface area contributed by atoms with Crippen LogP contribution >= 0.6 is 22.9 Å². The van der Waals surface area contributed by atoms with Gasteiger partial charge in [0.2, 0.25) is 0 Å². The van der Waals surface area contributed by atoms with Crippen molar-refractivity contribution >= 4 is 22.9 Å². The number of rotatable bonds is 5. The van der Waals surface area contributed by atoms with Gasteiger partial charge in [0.15, 0.2) is 0 Å². The lowest BCUT2D eigenvalue weighted by molar-refractivity contribution is 0.542. The number of nitrogens with zero attached hydrogens (tertiary/aromatic N) is 2. The van der Waals surface area contributed by atoms with Crippen LogP contribution < -0.4 is 5.32 Å². The largest absolute Gasteiger partial charge is 0.340 e. The Labute approximate surface area is 110 Å². The van der Waals surface area contributed by atoms with Crippen LogP contribution in [0.5, 0.6) is 0 Å². The summed E-state index contributed by atoms with van der Waals surface area (Å²) in [5.41, 5.74) is 1.08. The molecule has 5 heteroatoms. The minimum absolute atomic E-state index is 0.260. The quantitative estimate of drug-likeness (QED) is 0.904. The van der Waals surface area contributed by atoms with E-state index in [0.29, 0.717) is 0 Å². The summed E-state index contributed by atoms with van der Waals surface area (Å²) in [7, 11) is 1.99. The molecule has 0 spiro atoms. The Hall–Kier alpha value is -0.840. The first-order chi connectivity index (χ1) is 8.19. The average Bonchev–Trinajstić information content (AvgIpc) is 2.87. The van der Waals surface area contributed by atoms with Gasteiger partial charge in [-0.25, -0.2) is 4.98 Å². The van der Waals surface area contributed by atoms with Crippen molar-refractivity contribution in [2.45, 2.75) is 19.4 Å². The van der Waals surface area contributed by atoms with Gasteiger partial charge < -0.3 is 9.88 Å². The minimum Gasteiger partial charge on any atom is -0.340 e. The molecule has 1 N–H and O–H groups in total. The van der Waals surface area contributed by atoms with Crippen LogP contribution in [0.15, 0.2) is 24.7 Å². The van der Waals surface area contributed by atoms with Crippen molar-refractivity contribution in [2.24, 2.45) is 7.05 Å². The molecule has 0 aromatic carbocycles. The summed E-state index contributed by atoms with van der Waals surface area (Å²) in [6.45, 7) is 3.04. The number of likely N-dealkylation sites (N-methyl/N-ethyl adjacent to an activating group) is 1. The first-order valence-corrected chi connectivity index (χ1v) is 6.84. The number of aromatic nitrogens is 2. The molecule has 0 aliphatic rings. The molecule has 3 nitrogen and oxygen atoms in total. The van der Waals surface area contributed by atoms with Gasteiger partial charge in [-0.3, -0.25) is 0 Å². The zero-order chi connectivity index (χ0) is 12.3. The second kappa shape index (κ2) is 5.67. The van der Waals surface area contributed by atoms with Crippen molar-refractivity contribution in [1.82, 2.24) is 14.9 Å². The molecule has 0 saturated carbocycles. The first kappa shape index (κ1) is 12.6. The molecule has 92 valence electrons. The van der Waals surface area contributed by atoms with Crippen LogP contribution in [0.3, 0.4) is 0 Å². The van der Waals surface area contributed by atoms with E-state index in [1.54, 1.807) is 11.3 Å². The SMILES string of the molecule is CCNC(Cc1ccc(Cl)s1)c1cn(C)cn1. The smallest absolute Gasteiger partial charge is 0.0947 e. The van der Waals surface area contributed by atoms with E-state index in [0.717, 1.165) is 23.0 Å². The number of thiophene rings is 1. The zero-order valence-electron chi connectivity index (χ0n) is 9.98. The summed E-state index contributed by atoms with van der Waals surface area (Å²) in [4.78, 5) is 5.69. The Bertz CT molecular complexity index is 478. The van der Waals surface area contributed by atoms with Gasteiger partial charge in [-0.1, -0.05) is 18.5 Å². The molecule has 0 aliphatic carbocycles. The number of aryl methyl sites for hydroxylation is 1. The summed E-state index contributed by atoms with van der Waals surface area (Å²) in [5, 5.41) is 3.46. The summed E-state index contributed by atoms with van der Waals surface area (Å²) in [5.74, 6) is 0. The summed E-state index contributed by atoms with van der Waals surface area (Å²) < 4.78 is 2.82. The van der Waals surface area contributed by atoms with E-state index in [-0.39, 0.29) is 6.04 Å². The van der Waals surface area contributed by atoms with Crippen LogP contribution in [0.2, 0.25) is 4.34 Å². The molecule has 0 radical (unpaired) electrons. The van der Waals surface area contributed by atoms with Crippen LogP contribution in [-0.2, 0) is 13.5 Å². The summed E-state index contributed by atoms with van der Waals surface area (Å²) in [6, 6.07) is 4.29. The van der Waals surface area contributed by atoms with Gasteiger partial charge in [-0.05, 0) is 18.7 Å². The molecule has 0 aliphatic heterocycles. The maximum absolute atomic E-state index is 5.95. The van der Waals surface area contributed by atoms with Gasteiger partial charge >= 0.3 is 0 Å². The van der Waals surface area contributed by atoms with E-state index < -0.39 is 0 Å². The van der Waals surface area contributed by atoms with Crippen molar-refractivity contribution in [3.63, 3.8) is 0 Å². The Kier molecular flexibility index (Phi) is 4.20. The van der Waals surface area contributed by atoms with Crippen molar-refractivity contribution in [1.29, 1.82) is 0 Å². The van der Waals surface area contributed by atoms with Crippen LogP contribution in [0.4, 0.5) is 0 Å². The lowest BCUT2D eigenvalue weighted by Crippen LogP contribution is -2.23. The highest BCUT2D eigenvalue weighted by molar-refractivity contribution is 7.16. The van der Waals surface area contributed by atoms with E-state index in [2.05, 4.69) is 29.5 Å². The third kappa shape index (κ3) is 3.31. The highest BCUT2D eigenvalue weighted by Gasteiger charge is 2.14. The number of hydrogen-bond acceptors (Lipinski definition) is 3. The van der Waals surface area contributed by atoms with E-state index in [1.165, 1.54) is 4.88 Å².